The number of nitrogens with zero attached hydrogens (tertiary/aromatic N) is 1. The lowest BCUT2D eigenvalue weighted by atomic mass is 10.1. The van der Waals surface area contributed by atoms with Gasteiger partial charge in [0.1, 0.15) is 5.75 Å². The van der Waals surface area contributed by atoms with E-state index in [2.05, 4.69) is 5.32 Å². The van der Waals surface area contributed by atoms with Crippen LogP contribution in [0.2, 0.25) is 0 Å². The fraction of sp³-hybridized carbons (Fsp3) is 0.429. The summed E-state index contributed by atoms with van der Waals surface area (Å²) >= 11 is 0. The Kier molecular flexibility index (Phi) is 4.52. The van der Waals surface area contributed by atoms with Gasteiger partial charge in [0.15, 0.2) is 0 Å². The lowest BCUT2D eigenvalue weighted by Crippen LogP contribution is -2.49. The van der Waals surface area contributed by atoms with E-state index in [0.29, 0.717) is 18.8 Å². The number of piperazine rings is 1. The standard InChI is InChI=1S/C14H18N2O3/c1-19-12-4-2-3-11(9-12)10-13(17)14(18)16-7-5-15-6-8-16/h2-4,9,15H,5-8,10H2,1H3. The molecule has 19 heavy (non-hydrogen) atoms. The molecule has 1 aliphatic heterocycles. The summed E-state index contributed by atoms with van der Waals surface area (Å²) < 4.78 is 5.10. The average Bonchev–Trinajstić information content (AvgIpc) is 2.47. The highest BCUT2D eigenvalue weighted by molar-refractivity contribution is 6.36. The molecule has 1 heterocycles. The summed E-state index contributed by atoms with van der Waals surface area (Å²) in [6.45, 7) is 2.70. The Morgan fingerprint density at radius 1 is 1.32 bits per heavy atom. The van der Waals surface area contributed by atoms with E-state index in [-0.39, 0.29) is 18.1 Å². The Bertz CT molecular complexity index is 468. The molecule has 0 aromatic heterocycles. The van der Waals surface area contributed by atoms with Crippen LogP contribution in [0.1, 0.15) is 5.56 Å². The summed E-state index contributed by atoms with van der Waals surface area (Å²) in [6.07, 6.45) is 0.125. The number of ketones is 1. The predicted molar refractivity (Wildman–Crippen MR) is 71.2 cm³/mol. The highest BCUT2D eigenvalue weighted by Gasteiger charge is 2.23. The molecule has 0 aliphatic carbocycles. The minimum atomic E-state index is -0.385. The number of hydrogen-bond donors (Lipinski definition) is 1. The first-order valence-electron chi connectivity index (χ1n) is 6.36. The van der Waals surface area contributed by atoms with Gasteiger partial charge in [-0.3, -0.25) is 9.59 Å². The number of ether oxygens (including phenoxy) is 1. The van der Waals surface area contributed by atoms with Gasteiger partial charge in [0.05, 0.1) is 7.11 Å². The molecule has 102 valence electrons. The minimum Gasteiger partial charge on any atom is -0.497 e. The van der Waals surface area contributed by atoms with Crippen molar-refractivity contribution in [2.24, 2.45) is 0 Å². The fourth-order valence-corrected chi connectivity index (χ4v) is 2.09. The molecule has 1 fully saturated rings. The van der Waals surface area contributed by atoms with E-state index in [1.807, 2.05) is 18.2 Å². The summed E-state index contributed by atoms with van der Waals surface area (Å²) in [4.78, 5) is 25.5. The van der Waals surface area contributed by atoms with Crippen LogP contribution in [0.25, 0.3) is 0 Å². The molecule has 0 atom stereocenters. The van der Waals surface area contributed by atoms with Gasteiger partial charge in [0.2, 0.25) is 5.78 Å². The van der Waals surface area contributed by atoms with E-state index in [1.54, 1.807) is 18.1 Å². The zero-order valence-corrected chi connectivity index (χ0v) is 11.0. The molecule has 0 unspecified atom stereocenters. The van der Waals surface area contributed by atoms with Gasteiger partial charge in [-0.05, 0) is 17.7 Å². The molecule has 1 amide bonds. The van der Waals surface area contributed by atoms with Gasteiger partial charge >= 0.3 is 0 Å². The van der Waals surface area contributed by atoms with Crippen molar-refractivity contribution in [3.05, 3.63) is 29.8 Å². The molecule has 2 rings (SSSR count). The first kappa shape index (κ1) is 13.5. The predicted octanol–water partition coefficient (Wildman–Crippen LogP) is 0.239. The molecular formula is C14H18N2O3. The van der Waals surface area contributed by atoms with Gasteiger partial charge in [-0.2, -0.15) is 0 Å². The van der Waals surface area contributed by atoms with Gasteiger partial charge in [-0.25, -0.2) is 0 Å². The molecular weight excluding hydrogens is 244 g/mol. The number of carbonyl (C=O) groups is 2. The number of amides is 1. The summed E-state index contributed by atoms with van der Waals surface area (Å²) in [5, 5.41) is 3.15. The van der Waals surface area contributed by atoms with Crippen LogP contribution in [-0.2, 0) is 16.0 Å². The Morgan fingerprint density at radius 3 is 2.74 bits per heavy atom. The lowest BCUT2D eigenvalue weighted by molar-refractivity contribution is -0.144. The van der Waals surface area contributed by atoms with Gasteiger partial charge in [-0.1, -0.05) is 12.1 Å². The molecule has 1 aliphatic rings. The molecule has 0 bridgehead atoms. The van der Waals surface area contributed by atoms with E-state index in [4.69, 9.17) is 4.74 Å². The van der Waals surface area contributed by atoms with Crippen molar-refractivity contribution in [3.8, 4) is 5.75 Å². The quantitative estimate of drug-likeness (QED) is 0.790. The van der Waals surface area contributed by atoms with Gasteiger partial charge in [0.25, 0.3) is 5.91 Å². The number of nitrogens with one attached hydrogen (secondary N) is 1. The molecule has 1 aromatic carbocycles. The molecule has 0 radical (unpaired) electrons. The monoisotopic (exact) mass is 262 g/mol. The Labute approximate surface area is 112 Å². The fourth-order valence-electron chi connectivity index (χ4n) is 2.09. The molecule has 1 N–H and O–H groups in total. The Balaban J connectivity index is 1.97. The van der Waals surface area contributed by atoms with E-state index in [9.17, 15) is 9.59 Å². The van der Waals surface area contributed by atoms with Crippen LogP contribution in [0.3, 0.4) is 0 Å². The van der Waals surface area contributed by atoms with Crippen LogP contribution >= 0.6 is 0 Å². The molecule has 0 saturated carbocycles. The Morgan fingerprint density at radius 2 is 2.05 bits per heavy atom. The number of Topliss-reactive ketones (excluding diaryl/α,β-unsaturated/α-hetero) is 1. The van der Waals surface area contributed by atoms with Crippen LogP contribution in [-0.4, -0.2) is 49.9 Å². The minimum absolute atomic E-state index is 0.125. The van der Waals surface area contributed by atoms with E-state index < -0.39 is 0 Å². The van der Waals surface area contributed by atoms with Crippen molar-refractivity contribution in [2.75, 3.05) is 33.3 Å². The molecule has 5 heteroatoms. The second-order valence-electron chi connectivity index (χ2n) is 4.49. The highest BCUT2D eigenvalue weighted by Crippen LogP contribution is 2.13. The van der Waals surface area contributed by atoms with Crippen LogP contribution in [0.15, 0.2) is 24.3 Å². The third-order valence-electron chi connectivity index (χ3n) is 3.14. The van der Waals surface area contributed by atoms with Gasteiger partial charge < -0.3 is 15.0 Å². The van der Waals surface area contributed by atoms with Crippen molar-refractivity contribution in [1.82, 2.24) is 10.2 Å². The number of methoxy groups -OCH3 is 1. The van der Waals surface area contributed by atoms with Crippen molar-refractivity contribution in [2.45, 2.75) is 6.42 Å². The normalized spacial score (nSPS) is 15.1. The topological polar surface area (TPSA) is 58.6 Å². The first-order valence-corrected chi connectivity index (χ1v) is 6.36. The number of hydrogen-bond acceptors (Lipinski definition) is 4. The van der Waals surface area contributed by atoms with E-state index in [0.717, 1.165) is 18.7 Å². The zero-order valence-electron chi connectivity index (χ0n) is 11.0. The van der Waals surface area contributed by atoms with Crippen LogP contribution in [0, 0.1) is 0 Å². The second kappa shape index (κ2) is 6.33. The zero-order chi connectivity index (χ0) is 13.7. The van der Waals surface area contributed by atoms with E-state index in [1.165, 1.54) is 0 Å². The van der Waals surface area contributed by atoms with Crippen molar-refractivity contribution in [1.29, 1.82) is 0 Å². The molecule has 1 saturated heterocycles. The second-order valence-corrected chi connectivity index (χ2v) is 4.49. The van der Waals surface area contributed by atoms with E-state index >= 15 is 0 Å². The molecule has 1 aromatic rings. The van der Waals surface area contributed by atoms with Crippen molar-refractivity contribution in [3.63, 3.8) is 0 Å². The van der Waals surface area contributed by atoms with Crippen LogP contribution in [0.4, 0.5) is 0 Å². The first-order chi connectivity index (χ1) is 9.20. The summed E-state index contributed by atoms with van der Waals surface area (Å²) in [6, 6.07) is 7.23. The number of carbonyl (C=O) groups excluding carboxylic acids is 2. The summed E-state index contributed by atoms with van der Waals surface area (Å²) in [5.41, 5.74) is 0.799. The smallest absolute Gasteiger partial charge is 0.290 e. The van der Waals surface area contributed by atoms with Gasteiger partial charge in [-0.15, -0.1) is 0 Å². The highest BCUT2D eigenvalue weighted by atomic mass is 16.5. The van der Waals surface area contributed by atoms with Crippen molar-refractivity contribution >= 4 is 11.7 Å². The molecule has 0 spiro atoms. The number of rotatable bonds is 4. The third-order valence-corrected chi connectivity index (χ3v) is 3.14. The average molecular weight is 262 g/mol. The van der Waals surface area contributed by atoms with Crippen molar-refractivity contribution < 1.29 is 14.3 Å². The molecule has 5 nitrogen and oxygen atoms in total. The Hall–Kier alpha value is -1.88. The maximum absolute atomic E-state index is 12.0. The number of benzene rings is 1. The summed E-state index contributed by atoms with van der Waals surface area (Å²) in [7, 11) is 1.58. The van der Waals surface area contributed by atoms with Gasteiger partial charge in [0, 0.05) is 32.6 Å². The maximum atomic E-state index is 12.0. The van der Waals surface area contributed by atoms with Crippen LogP contribution in [0.5, 0.6) is 5.75 Å². The largest absolute Gasteiger partial charge is 0.497 e. The summed E-state index contributed by atoms with van der Waals surface area (Å²) in [5.74, 6) is -0.0561. The maximum Gasteiger partial charge on any atom is 0.290 e. The van der Waals surface area contributed by atoms with Crippen LogP contribution < -0.4 is 10.1 Å². The SMILES string of the molecule is COc1cccc(CC(=O)C(=O)N2CCNCC2)c1. The third kappa shape index (κ3) is 3.54. The lowest BCUT2D eigenvalue weighted by Gasteiger charge is -2.26.